The second-order valence-corrected chi connectivity index (χ2v) is 14.5. The smallest absolute Gasteiger partial charge is 0.380 e. The van der Waals surface area contributed by atoms with Crippen LogP contribution in [0.25, 0.3) is 11.1 Å². The number of allylic oxidation sites excluding steroid dienone is 2. The highest BCUT2D eigenvalue weighted by molar-refractivity contribution is 7.16. The second-order valence-electron chi connectivity index (χ2n) is 12.4. The fraction of sp³-hybridized carbons (Fsp3) is 0.586. The van der Waals surface area contributed by atoms with Gasteiger partial charge in [0.2, 0.25) is 0 Å². The van der Waals surface area contributed by atoms with Crippen LogP contribution in [0.1, 0.15) is 40.2 Å². The fourth-order valence-electron chi connectivity index (χ4n) is 6.03. The minimum absolute atomic E-state index is 0.0236. The van der Waals surface area contributed by atoms with Crippen LogP contribution in [0.15, 0.2) is 12.1 Å². The number of ether oxygens (including phenoxy) is 2. The van der Waals surface area contributed by atoms with Gasteiger partial charge in [0, 0.05) is 9.75 Å². The maximum Gasteiger partial charge on any atom is 0.380 e. The van der Waals surface area contributed by atoms with Crippen LogP contribution in [-0.4, -0.2) is 154 Å². The van der Waals surface area contributed by atoms with E-state index in [0.29, 0.717) is 0 Å². The SMILES string of the molecule is Cc1cc(C(=O)OC2[C@@H](O)[C@H](O)C(O)[C@H](O)[C@H]2O)sc1C1=C(c2sc(C(=O)OC3[C@@H](O)[C@H](O)C(O)[C@H](O)[C@H]3O)cc2C)C(F)(F)C(F)(F)C1(F)F. The van der Waals surface area contributed by atoms with Gasteiger partial charge >= 0.3 is 29.7 Å². The van der Waals surface area contributed by atoms with E-state index >= 15 is 26.3 Å². The minimum atomic E-state index is -6.08. The Morgan fingerprint density at radius 2 is 0.784 bits per heavy atom. The molecule has 2 fully saturated rings. The first kappa shape index (κ1) is 39.5. The number of rotatable bonds is 6. The van der Waals surface area contributed by atoms with Crippen LogP contribution < -0.4 is 0 Å². The Balaban J connectivity index is 1.54. The van der Waals surface area contributed by atoms with Gasteiger partial charge in [0.05, 0.1) is 11.1 Å². The highest BCUT2D eigenvalue weighted by Gasteiger charge is 2.81. The molecule has 0 spiro atoms. The molecule has 0 radical (unpaired) electrons. The van der Waals surface area contributed by atoms with E-state index < -0.39 is 145 Å². The van der Waals surface area contributed by atoms with Crippen molar-refractivity contribution in [3.63, 3.8) is 0 Å². The standard InChI is InChI=1S/C29H30F6O14S2/c1-5-3-7(25(46)48-21-17(42)13(38)11(36)14(39)18(21)43)50-23(5)9-10(28(32,33)29(34,35)27(9,30)31)24-6(2)4-8(51-24)26(47)49-22-19(44)15(40)12(37)16(41)20(22)45/h3-4,11-22,36-45H,1-2H3/t11?,12?,13-,14+,15-,16+,17+,18-,19+,20-,21?,22?. The lowest BCUT2D eigenvalue weighted by atomic mass is 9.85. The molecule has 4 unspecified atom stereocenters. The molecule has 3 aliphatic rings. The number of thiophene rings is 2. The molecule has 12 atom stereocenters. The predicted molar refractivity (Wildman–Crippen MR) is 158 cm³/mol. The molecule has 2 saturated carbocycles. The van der Waals surface area contributed by atoms with Gasteiger partial charge in [-0.05, 0) is 37.1 Å². The van der Waals surface area contributed by atoms with Gasteiger partial charge in [0.1, 0.15) is 70.8 Å². The molecule has 22 heteroatoms. The molecule has 14 nitrogen and oxygen atoms in total. The van der Waals surface area contributed by atoms with Gasteiger partial charge in [-0.3, -0.25) is 0 Å². The van der Waals surface area contributed by atoms with E-state index in [9.17, 15) is 60.7 Å². The number of halogens is 6. The number of alkyl halides is 6. The summed E-state index contributed by atoms with van der Waals surface area (Å²) in [6, 6.07) is 1.57. The number of hydrogen-bond donors (Lipinski definition) is 10. The highest BCUT2D eigenvalue weighted by Crippen LogP contribution is 2.66. The summed E-state index contributed by atoms with van der Waals surface area (Å²) in [6.07, 6.45) is -25.6. The Morgan fingerprint density at radius 1 is 0.529 bits per heavy atom. The summed E-state index contributed by atoms with van der Waals surface area (Å²) in [5.41, 5.74) is -4.73. The van der Waals surface area contributed by atoms with Gasteiger partial charge in [-0.15, -0.1) is 22.7 Å². The van der Waals surface area contributed by atoms with Crippen molar-refractivity contribution in [2.45, 2.75) is 105 Å². The molecule has 0 saturated heterocycles. The number of esters is 2. The third-order valence-electron chi connectivity index (χ3n) is 8.99. The van der Waals surface area contributed by atoms with Crippen molar-refractivity contribution in [3.05, 3.63) is 42.8 Å². The second kappa shape index (κ2) is 13.3. The number of aliphatic hydroxyl groups is 10. The molecule has 51 heavy (non-hydrogen) atoms. The lowest BCUT2D eigenvalue weighted by Gasteiger charge is -2.40. The number of carbonyl (C=O) groups is 2. The summed E-state index contributed by atoms with van der Waals surface area (Å²) in [4.78, 5) is 22.6. The molecule has 3 aliphatic carbocycles. The summed E-state index contributed by atoms with van der Waals surface area (Å²) in [7, 11) is 0. The maximum atomic E-state index is 15.5. The fourth-order valence-corrected chi connectivity index (χ4v) is 8.31. The lowest BCUT2D eigenvalue weighted by Crippen LogP contribution is -2.64. The van der Waals surface area contributed by atoms with Gasteiger partial charge < -0.3 is 60.5 Å². The van der Waals surface area contributed by atoms with Crippen LogP contribution >= 0.6 is 22.7 Å². The van der Waals surface area contributed by atoms with Gasteiger partial charge in [-0.1, -0.05) is 0 Å². The maximum absolute atomic E-state index is 15.5. The van der Waals surface area contributed by atoms with Crippen molar-refractivity contribution < 1.29 is 96.5 Å². The normalized spacial score (nSPS) is 37.4. The van der Waals surface area contributed by atoms with Crippen molar-refractivity contribution in [1.82, 2.24) is 0 Å². The van der Waals surface area contributed by atoms with Crippen molar-refractivity contribution >= 4 is 45.8 Å². The Hall–Kier alpha value is -2.74. The summed E-state index contributed by atoms with van der Waals surface area (Å²) < 4.78 is 102. The van der Waals surface area contributed by atoms with Crippen LogP contribution in [0.3, 0.4) is 0 Å². The molecule has 2 heterocycles. The van der Waals surface area contributed by atoms with Crippen molar-refractivity contribution in [2.24, 2.45) is 0 Å². The molecule has 0 amide bonds. The third kappa shape index (κ3) is 5.98. The molecule has 0 aromatic carbocycles. The molecule has 0 bridgehead atoms. The van der Waals surface area contributed by atoms with Crippen molar-refractivity contribution in [3.8, 4) is 0 Å². The zero-order valence-electron chi connectivity index (χ0n) is 25.8. The Labute approximate surface area is 289 Å². The molecular formula is C29H30F6O14S2. The highest BCUT2D eigenvalue weighted by atomic mass is 32.1. The number of hydrogen-bond acceptors (Lipinski definition) is 16. The van der Waals surface area contributed by atoms with E-state index in [0.717, 1.165) is 26.0 Å². The summed E-state index contributed by atoms with van der Waals surface area (Å²) in [6.45, 7) is 1.99. The van der Waals surface area contributed by atoms with E-state index in [1.165, 1.54) is 0 Å². The molecular weight excluding hydrogens is 750 g/mol. The van der Waals surface area contributed by atoms with Gasteiger partial charge in [0.25, 0.3) is 0 Å². The monoisotopic (exact) mass is 780 g/mol. The van der Waals surface area contributed by atoms with Crippen LogP contribution in [0.5, 0.6) is 0 Å². The first-order chi connectivity index (χ1) is 23.4. The van der Waals surface area contributed by atoms with E-state index in [4.69, 9.17) is 9.47 Å². The van der Waals surface area contributed by atoms with Gasteiger partial charge in [-0.25, -0.2) is 9.59 Å². The summed E-state index contributed by atoms with van der Waals surface area (Å²) >= 11 is -0.0473. The van der Waals surface area contributed by atoms with E-state index in [1.54, 1.807) is 0 Å². The van der Waals surface area contributed by atoms with E-state index in [1.807, 2.05) is 0 Å². The van der Waals surface area contributed by atoms with Gasteiger partial charge in [-0.2, -0.15) is 26.3 Å². The topological polar surface area (TPSA) is 255 Å². The molecule has 284 valence electrons. The van der Waals surface area contributed by atoms with Crippen LogP contribution in [0, 0.1) is 13.8 Å². The molecule has 10 N–H and O–H groups in total. The predicted octanol–water partition coefficient (Wildman–Crippen LogP) is -1.06. The molecule has 2 aromatic heterocycles. The van der Waals surface area contributed by atoms with Crippen LogP contribution in [0.4, 0.5) is 26.3 Å². The molecule has 0 aliphatic heterocycles. The minimum Gasteiger partial charge on any atom is -0.452 e. The first-order valence-corrected chi connectivity index (χ1v) is 16.4. The average molecular weight is 781 g/mol. The van der Waals surface area contributed by atoms with Crippen LogP contribution in [-0.2, 0) is 9.47 Å². The molecule has 2 aromatic rings. The number of carbonyl (C=O) groups excluding carboxylic acids is 2. The van der Waals surface area contributed by atoms with Gasteiger partial charge in [0.15, 0.2) is 12.2 Å². The Morgan fingerprint density at radius 3 is 1.06 bits per heavy atom. The van der Waals surface area contributed by atoms with Crippen molar-refractivity contribution in [1.29, 1.82) is 0 Å². The van der Waals surface area contributed by atoms with Crippen molar-refractivity contribution in [2.75, 3.05) is 0 Å². The zero-order chi connectivity index (χ0) is 38.4. The quantitative estimate of drug-likeness (QED) is 0.124. The first-order valence-electron chi connectivity index (χ1n) is 14.7. The third-order valence-corrected chi connectivity index (χ3v) is 11.5. The summed E-state index contributed by atoms with van der Waals surface area (Å²) in [5.74, 6) is -20.4. The number of aliphatic hydroxyl groups excluding tert-OH is 10. The average Bonchev–Trinajstić information content (AvgIpc) is 3.67. The summed E-state index contributed by atoms with van der Waals surface area (Å²) in [5, 5.41) is 99.7. The Bertz CT molecular complexity index is 1580. The lowest BCUT2D eigenvalue weighted by molar-refractivity contribution is -0.254. The van der Waals surface area contributed by atoms with E-state index in [2.05, 4.69) is 0 Å². The number of aryl methyl sites for hydroxylation is 2. The van der Waals surface area contributed by atoms with E-state index in [-0.39, 0.29) is 22.7 Å². The molecule has 5 rings (SSSR count). The Kier molecular flexibility index (Phi) is 10.3. The zero-order valence-corrected chi connectivity index (χ0v) is 27.4. The largest absolute Gasteiger partial charge is 0.452 e. The van der Waals surface area contributed by atoms with Crippen LogP contribution in [0.2, 0.25) is 0 Å².